The van der Waals surface area contributed by atoms with E-state index in [1.54, 1.807) is 12.1 Å². The normalized spacial score (nSPS) is 11.0. The number of hydrogen-bond acceptors (Lipinski definition) is 4. The summed E-state index contributed by atoms with van der Waals surface area (Å²) >= 11 is 0. The first-order valence-corrected chi connectivity index (χ1v) is 4.69. The number of hydrogen-bond donors (Lipinski definition) is 1. The summed E-state index contributed by atoms with van der Waals surface area (Å²) < 4.78 is 0. The second-order valence-corrected chi connectivity index (χ2v) is 3.61. The number of non-ortho nitro benzene ring substituents is 1. The minimum absolute atomic E-state index is 0.0280. The molecule has 1 aromatic carbocycles. The zero-order valence-electron chi connectivity index (χ0n) is 8.75. The fourth-order valence-corrected chi connectivity index (χ4v) is 1.09. The van der Waals surface area contributed by atoms with Gasteiger partial charge in [0.15, 0.2) is 0 Å². The molecule has 0 heterocycles. The van der Waals surface area contributed by atoms with Crippen LogP contribution in [0, 0.1) is 10.1 Å². The van der Waals surface area contributed by atoms with E-state index < -0.39 is 4.92 Å². The highest BCUT2D eigenvalue weighted by atomic mass is 16.6. The zero-order valence-corrected chi connectivity index (χ0v) is 8.75. The largest absolute Gasteiger partial charge is 0.313 e. The molecule has 0 saturated heterocycles. The Hall–Kier alpha value is -1.46. The fraction of sp³-hybridized carbons (Fsp3) is 0.400. The van der Waals surface area contributed by atoms with Crippen LogP contribution in [-0.4, -0.2) is 21.2 Å². The van der Waals surface area contributed by atoms with Crippen LogP contribution in [-0.2, 0) is 6.54 Å². The predicted molar refractivity (Wildman–Crippen MR) is 55.6 cm³/mol. The van der Waals surface area contributed by atoms with E-state index in [1.165, 1.54) is 17.2 Å². The van der Waals surface area contributed by atoms with Crippen LogP contribution in [0.2, 0.25) is 0 Å². The van der Waals surface area contributed by atoms with E-state index in [4.69, 9.17) is 0 Å². The maximum absolute atomic E-state index is 10.4. The van der Waals surface area contributed by atoms with Crippen molar-refractivity contribution in [3.63, 3.8) is 0 Å². The van der Waals surface area contributed by atoms with Crippen LogP contribution in [0.4, 0.5) is 5.69 Å². The first-order valence-electron chi connectivity index (χ1n) is 4.69. The van der Waals surface area contributed by atoms with Crippen LogP contribution in [0.15, 0.2) is 24.3 Å². The molecule has 0 bridgehead atoms. The molecular weight excluding hydrogens is 196 g/mol. The summed E-state index contributed by atoms with van der Waals surface area (Å²) in [5, 5.41) is 21.0. The maximum atomic E-state index is 10.4. The lowest BCUT2D eigenvalue weighted by Crippen LogP contribution is -2.26. The number of hydroxylamine groups is 2. The lowest BCUT2D eigenvalue weighted by atomic mass is 10.2. The number of nitrogens with zero attached hydrogens (tertiary/aromatic N) is 2. The van der Waals surface area contributed by atoms with Gasteiger partial charge in [-0.2, -0.15) is 5.06 Å². The van der Waals surface area contributed by atoms with E-state index in [9.17, 15) is 15.3 Å². The molecule has 82 valence electrons. The molecule has 0 aliphatic carbocycles. The van der Waals surface area contributed by atoms with Crippen molar-refractivity contribution in [1.82, 2.24) is 5.06 Å². The fourth-order valence-electron chi connectivity index (χ4n) is 1.09. The Morgan fingerprint density at radius 1 is 1.40 bits per heavy atom. The van der Waals surface area contributed by atoms with Crippen molar-refractivity contribution >= 4 is 5.69 Å². The van der Waals surface area contributed by atoms with Crippen LogP contribution in [0.5, 0.6) is 0 Å². The molecule has 0 spiro atoms. The second-order valence-electron chi connectivity index (χ2n) is 3.61. The molecule has 0 saturated carbocycles. The SMILES string of the molecule is CC(C)N(O)Cc1ccc([N+](=O)[O-])cc1. The van der Waals surface area contributed by atoms with Crippen molar-refractivity contribution in [2.45, 2.75) is 26.4 Å². The molecular formula is C10H14N2O3. The monoisotopic (exact) mass is 210 g/mol. The van der Waals surface area contributed by atoms with Crippen LogP contribution < -0.4 is 0 Å². The molecule has 5 nitrogen and oxygen atoms in total. The molecule has 5 heteroatoms. The molecule has 1 N–H and O–H groups in total. The molecule has 0 atom stereocenters. The minimum atomic E-state index is -0.442. The molecule has 0 aliphatic rings. The van der Waals surface area contributed by atoms with Crippen molar-refractivity contribution < 1.29 is 10.1 Å². The Kier molecular flexibility index (Phi) is 3.76. The van der Waals surface area contributed by atoms with Crippen LogP contribution in [0.25, 0.3) is 0 Å². The molecule has 1 aromatic rings. The summed E-state index contributed by atoms with van der Waals surface area (Å²) in [5.41, 5.74) is 0.907. The van der Waals surface area contributed by atoms with Gasteiger partial charge in [0.05, 0.1) is 4.92 Å². The summed E-state index contributed by atoms with van der Waals surface area (Å²) in [4.78, 5) is 9.95. The minimum Gasteiger partial charge on any atom is -0.313 e. The van der Waals surface area contributed by atoms with Gasteiger partial charge in [0.2, 0.25) is 0 Å². The Bertz CT molecular complexity index is 335. The highest BCUT2D eigenvalue weighted by molar-refractivity contribution is 5.32. The highest BCUT2D eigenvalue weighted by Crippen LogP contribution is 2.13. The van der Waals surface area contributed by atoms with Gasteiger partial charge in [-0.1, -0.05) is 12.1 Å². The van der Waals surface area contributed by atoms with Crippen molar-refractivity contribution in [2.75, 3.05) is 0 Å². The number of nitro benzene ring substituents is 1. The van der Waals surface area contributed by atoms with Crippen molar-refractivity contribution in [1.29, 1.82) is 0 Å². The van der Waals surface area contributed by atoms with Gasteiger partial charge in [-0.15, -0.1) is 0 Å². The van der Waals surface area contributed by atoms with E-state index in [2.05, 4.69) is 0 Å². The molecule has 0 aromatic heterocycles. The van der Waals surface area contributed by atoms with Crippen LogP contribution >= 0.6 is 0 Å². The summed E-state index contributed by atoms with van der Waals surface area (Å²) in [6, 6.07) is 6.18. The van der Waals surface area contributed by atoms with Gasteiger partial charge >= 0.3 is 0 Å². The van der Waals surface area contributed by atoms with Gasteiger partial charge in [0, 0.05) is 24.7 Å². The number of benzene rings is 1. The molecule has 1 rings (SSSR count). The van der Waals surface area contributed by atoms with Crippen molar-refractivity contribution in [2.24, 2.45) is 0 Å². The molecule has 15 heavy (non-hydrogen) atoms. The van der Waals surface area contributed by atoms with Gasteiger partial charge in [0.1, 0.15) is 0 Å². The second kappa shape index (κ2) is 4.86. The average Bonchev–Trinajstić information content (AvgIpc) is 2.18. The summed E-state index contributed by atoms with van der Waals surface area (Å²) in [5.74, 6) is 0. The summed E-state index contributed by atoms with van der Waals surface area (Å²) in [6.45, 7) is 4.10. The third-order valence-corrected chi connectivity index (χ3v) is 2.09. The van der Waals surface area contributed by atoms with Crippen molar-refractivity contribution in [3.8, 4) is 0 Å². The van der Waals surface area contributed by atoms with Gasteiger partial charge in [-0.3, -0.25) is 10.1 Å². The predicted octanol–water partition coefficient (Wildman–Crippen LogP) is 2.19. The number of nitro groups is 1. The Labute approximate surface area is 88.1 Å². The van der Waals surface area contributed by atoms with Gasteiger partial charge in [-0.05, 0) is 19.4 Å². The summed E-state index contributed by atoms with van der Waals surface area (Å²) in [6.07, 6.45) is 0. The third-order valence-electron chi connectivity index (χ3n) is 2.09. The Balaban J connectivity index is 2.68. The van der Waals surface area contributed by atoms with E-state index in [1.807, 2.05) is 13.8 Å². The van der Waals surface area contributed by atoms with Gasteiger partial charge in [-0.25, -0.2) is 0 Å². The van der Waals surface area contributed by atoms with Crippen LogP contribution in [0.3, 0.4) is 0 Å². The summed E-state index contributed by atoms with van der Waals surface area (Å²) in [7, 11) is 0. The quantitative estimate of drug-likeness (QED) is 0.611. The Morgan fingerprint density at radius 3 is 2.33 bits per heavy atom. The standard InChI is InChI=1S/C10H14N2O3/c1-8(2)11(13)7-9-3-5-10(6-4-9)12(14)15/h3-6,8,13H,7H2,1-2H3. The average molecular weight is 210 g/mol. The molecule has 0 aliphatic heterocycles. The van der Waals surface area contributed by atoms with Gasteiger partial charge in [0.25, 0.3) is 5.69 Å². The lowest BCUT2D eigenvalue weighted by Gasteiger charge is -2.18. The van der Waals surface area contributed by atoms with E-state index in [0.717, 1.165) is 5.56 Å². The highest BCUT2D eigenvalue weighted by Gasteiger charge is 2.08. The van der Waals surface area contributed by atoms with Gasteiger partial charge < -0.3 is 5.21 Å². The van der Waals surface area contributed by atoms with Crippen LogP contribution in [0.1, 0.15) is 19.4 Å². The molecule has 0 fully saturated rings. The molecule has 0 amide bonds. The first-order chi connectivity index (χ1) is 7.00. The van der Waals surface area contributed by atoms with Crippen molar-refractivity contribution in [3.05, 3.63) is 39.9 Å². The number of rotatable bonds is 4. The third kappa shape index (κ3) is 3.30. The topological polar surface area (TPSA) is 66.6 Å². The Morgan fingerprint density at radius 2 is 1.93 bits per heavy atom. The molecule has 0 unspecified atom stereocenters. The van der Waals surface area contributed by atoms with E-state index in [0.29, 0.717) is 6.54 Å². The smallest absolute Gasteiger partial charge is 0.269 e. The maximum Gasteiger partial charge on any atom is 0.269 e. The first kappa shape index (κ1) is 11.6. The molecule has 0 radical (unpaired) electrons. The lowest BCUT2D eigenvalue weighted by molar-refractivity contribution is -0.384. The van der Waals surface area contributed by atoms with E-state index in [-0.39, 0.29) is 11.7 Å². The zero-order chi connectivity index (χ0) is 11.4. The van der Waals surface area contributed by atoms with E-state index >= 15 is 0 Å².